The molecule has 2 aromatic rings. The number of thiazole rings is 1. The fraction of sp³-hybridized carbons (Fsp3) is 0.444. The summed E-state index contributed by atoms with van der Waals surface area (Å²) in [4.78, 5) is 5.41. The molecule has 2 heterocycles. The Morgan fingerprint density at radius 2 is 2.17 bits per heavy atom. The number of nitrogens with zero attached hydrogens (tertiary/aromatic N) is 2. The first-order valence-corrected chi connectivity index (χ1v) is 4.88. The predicted molar refractivity (Wildman–Crippen MR) is 51.8 cm³/mol. The lowest BCUT2D eigenvalue weighted by Gasteiger charge is -2.16. The molecule has 0 saturated heterocycles. The Labute approximate surface area is 75.9 Å². The largest absolute Gasteiger partial charge is 0.294 e. The third-order valence-electron chi connectivity index (χ3n) is 1.91. The van der Waals surface area contributed by atoms with E-state index in [4.69, 9.17) is 0 Å². The van der Waals surface area contributed by atoms with Crippen LogP contribution < -0.4 is 0 Å². The lowest BCUT2D eigenvalue weighted by atomic mass is 9.93. The molecule has 3 heteroatoms. The normalized spacial score (nSPS) is 12.6. The van der Waals surface area contributed by atoms with Gasteiger partial charge in [0.05, 0.1) is 6.20 Å². The van der Waals surface area contributed by atoms with Crippen LogP contribution in [0.3, 0.4) is 0 Å². The highest BCUT2D eigenvalue weighted by atomic mass is 32.1. The first-order valence-electron chi connectivity index (χ1n) is 4.00. The monoisotopic (exact) mass is 180 g/mol. The molecule has 0 saturated carbocycles. The number of aromatic nitrogens is 2. The Hall–Kier alpha value is -0.830. The highest BCUT2D eigenvalue weighted by molar-refractivity contribution is 7.15. The second-order valence-electron chi connectivity index (χ2n) is 3.95. The molecule has 2 nitrogen and oxygen atoms in total. The van der Waals surface area contributed by atoms with Gasteiger partial charge in [-0.25, -0.2) is 4.98 Å². The molecule has 0 unspecified atom stereocenters. The molecular weight excluding hydrogens is 168 g/mol. The summed E-state index contributed by atoms with van der Waals surface area (Å²) >= 11 is 1.68. The number of imidazole rings is 1. The molecule has 64 valence electrons. The van der Waals surface area contributed by atoms with E-state index in [2.05, 4.69) is 41.7 Å². The number of hydrogen-bond acceptors (Lipinski definition) is 2. The summed E-state index contributed by atoms with van der Waals surface area (Å²) < 4.78 is 2.16. The smallest absolute Gasteiger partial charge is 0.193 e. The number of rotatable bonds is 0. The Bertz CT molecular complexity index is 392. The maximum atomic E-state index is 4.33. The first kappa shape index (κ1) is 7.80. The molecule has 0 fully saturated rings. The average molecular weight is 180 g/mol. The summed E-state index contributed by atoms with van der Waals surface area (Å²) in [6, 6.07) is 0. The molecule has 12 heavy (non-hydrogen) atoms. The van der Waals surface area contributed by atoms with Crippen LogP contribution in [0.2, 0.25) is 0 Å². The van der Waals surface area contributed by atoms with Crippen molar-refractivity contribution in [3.63, 3.8) is 0 Å². The highest BCUT2D eigenvalue weighted by Crippen LogP contribution is 2.24. The molecule has 0 N–H and O–H groups in total. The predicted octanol–water partition coefficient (Wildman–Crippen LogP) is 2.69. The molecule has 0 aromatic carbocycles. The topological polar surface area (TPSA) is 17.3 Å². The molecule has 0 atom stereocenters. The average Bonchev–Trinajstić information content (AvgIpc) is 2.37. The first-order chi connectivity index (χ1) is 5.59. The Morgan fingerprint density at radius 1 is 1.42 bits per heavy atom. The van der Waals surface area contributed by atoms with E-state index in [1.165, 1.54) is 5.69 Å². The van der Waals surface area contributed by atoms with Crippen LogP contribution in [0.1, 0.15) is 26.5 Å². The second-order valence-corrected chi connectivity index (χ2v) is 4.82. The van der Waals surface area contributed by atoms with Crippen molar-refractivity contribution in [3.8, 4) is 0 Å². The van der Waals surface area contributed by atoms with Gasteiger partial charge in [-0.1, -0.05) is 20.8 Å². The lowest BCUT2D eigenvalue weighted by Crippen LogP contribution is -2.13. The van der Waals surface area contributed by atoms with Crippen LogP contribution in [0.5, 0.6) is 0 Å². The van der Waals surface area contributed by atoms with Gasteiger partial charge in [0, 0.05) is 22.7 Å². The lowest BCUT2D eigenvalue weighted by molar-refractivity contribution is 0.564. The third kappa shape index (κ3) is 1.05. The Kier molecular flexibility index (Phi) is 1.51. The van der Waals surface area contributed by atoms with E-state index in [1.54, 1.807) is 11.3 Å². The summed E-state index contributed by atoms with van der Waals surface area (Å²) in [7, 11) is 0. The molecule has 2 rings (SSSR count). The zero-order chi connectivity index (χ0) is 8.77. The van der Waals surface area contributed by atoms with Gasteiger partial charge in [-0.2, -0.15) is 0 Å². The quantitative estimate of drug-likeness (QED) is 0.609. The van der Waals surface area contributed by atoms with E-state index >= 15 is 0 Å². The zero-order valence-corrected chi connectivity index (χ0v) is 8.35. The van der Waals surface area contributed by atoms with E-state index in [9.17, 15) is 0 Å². The van der Waals surface area contributed by atoms with Crippen LogP contribution in [0.15, 0.2) is 17.8 Å². The number of hydrogen-bond donors (Lipinski definition) is 0. The minimum Gasteiger partial charge on any atom is -0.294 e. The molecular formula is C9H12N2S. The zero-order valence-electron chi connectivity index (χ0n) is 7.53. The van der Waals surface area contributed by atoms with Crippen LogP contribution in [0.4, 0.5) is 0 Å². The maximum Gasteiger partial charge on any atom is 0.193 e. The van der Waals surface area contributed by atoms with E-state index in [1.807, 2.05) is 6.20 Å². The maximum absolute atomic E-state index is 4.33. The fourth-order valence-corrected chi connectivity index (χ4v) is 1.97. The summed E-state index contributed by atoms with van der Waals surface area (Å²) in [5, 5.41) is 2.07. The summed E-state index contributed by atoms with van der Waals surface area (Å²) in [5.74, 6) is 0. The van der Waals surface area contributed by atoms with Crippen molar-refractivity contribution in [1.82, 2.24) is 9.38 Å². The number of fused-ring (bicyclic) bond motifs is 1. The third-order valence-corrected chi connectivity index (χ3v) is 2.69. The minimum absolute atomic E-state index is 0.181. The van der Waals surface area contributed by atoms with Gasteiger partial charge < -0.3 is 0 Å². The molecule has 2 aromatic heterocycles. The SMILES string of the molecule is CC(C)(C)c1cnc2sccn12. The fourth-order valence-electron chi connectivity index (χ4n) is 1.28. The Morgan fingerprint density at radius 3 is 2.83 bits per heavy atom. The van der Waals surface area contributed by atoms with Crippen molar-refractivity contribution in [2.24, 2.45) is 0 Å². The standard InChI is InChI=1S/C9H12N2S/c1-9(2,3)7-6-10-8-11(7)4-5-12-8/h4-6H,1-3H3. The molecule has 0 aliphatic rings. The van der Waals surface area contributed by atoms with E-state index in [0.717, 1.165) is 4.96 Å². The molecule has 0 aliphatic heterocycles. The molecule has 0 radical (unpaired) electrons. The van der Waals surface area contributed by atoms with Gasteiger partial charge in [0.25, 0.3) is 0 Å². The van der Waals surface area contributed by atoms with Crippen molar-refractivity contribution in [3.05, 3.63) is 23.5 Å². The van der Waals surface area contributed by atoms with Crippen LogP contribution >= 0.6 is 11.3 Å². The second kappa shape index (κ2) is 2.33. The van der Waals surface area contributed by atoms with Gasteiger partial charge >= 0.3 is 0 Å². The van der Waals surface area contributed by atoms with Gasteiger partial charge in [-0.05, 0) is 0 Å². The highest BCUT2D eigenvalue weighted by Gasteiger charge is 2.18. The van der Waals surface area contributed by atoms with Crippen LogP contribution in [-0.4, -0.2) is 9.38 Å². The molecule has 0 amide bonds. The minimum atomic E-state index is 0.181. The summed E-state index contributed by atoms with van der Waals surface area (Å²) in [6.07, 6.45) is 4.04. The van der Waals surface area contributed by atoms with Gasteiger partial charge in [-0.15, -0.1) is 11.3 Å². The van der Waals surface area contributed by atoms with Crippen LogP contribution in [-0.2, 0) is 5.41 Å². The van der Waals surface area contributed by atoms with E-state index in [-0.39, 0.29) is 5.41 Å². The molecule has 0 aliphatic carbocycles. The van der Waals surface area contributed by atoms with Crippen molar-refractivity contribution in [2.75, 3.05) is 0 Å². The van der Waals surface area contributed by atoms with Gasteiger partial charge in [0.15, 0.2) is 4.96 Å². The summed E-state index contributed by atoms with van der Waals surface area (Å²) in [6.45, 7) is 6.61. The van der Waals surface area contributed by atoms with Crippen molar-refractivity contribution in [2.45, 2.75) is 26.2 Å². The van der Waals surface area contributed by atoms with Crippen molar-refractivity contribution < 1.29 is 0 Å². The van der Waals surface area contributed by atoms with Gasteiger partial charge in [0.2, 0.25) is 0 Å². The van der Waals surface area contributed by atoms with E-state index in [0.29, 0.717) is 0 Å². The molecule has 0 spiro atoms. The molecule has 0 bridgehead atoms. The van der Waals surface area contributed by atoms with Crippen LogP contribution in [0, 0.1) is 0 Å². The van der Waals surface area contributed by atoms with Gasteiger partial charge in [-0.3, -0.25) is 4.40 Å². The Balaban J connectivity index is 2.69. The van der Waals surface area contributed by atoms with Crippen molar-refractivity contribution >= 4 is 16.3 Å². The summed E-state index contributed by atoms with van der Waals surface area (Å²) in [5.41, 5.74) is 1.46. The van der Waals surface area contributed by atoms with E-state index < -0.39 is 0 Å². The van der Waals surface area contributed by atoms with Crippen molar-refractivity contribution in [1.29, 1.82) is 0 Å². The van der Waals surface area contributed by atoms with Gasteiger partial charge in [0.1, 0.15) is 0 Å². The van der Waals surface area contributed by atoms with Crippen LogP contribution in [0.25, 0.3) is 4.96 Å².